The molecule has 0 saturated carbocycles. The van der Waals surface area contributed by atoms with Crippen LogP contribution in [0.25, 0.3) is 0 Å². The van der Waals surface area contributed by atoms with Gasteiger partial charge in [0.1, 0.15) is 11.0 Å². The molecular formula is C11H16ClN3O2S. The highest BCUT2D eigenvalue weighted by Gasteiger charge is 2.27. The van der Waals surface area contributed by atoms with Crippen molar-refractivity contribution >= 4 is 21.6 Å². The maximum atomic E-state index is 11.6. The van der Waals surface area contributed by atoms with E-state index in [-0.39, 0.29) is 5.92 Å². The number of nitrogens with zero attached hydrogens (tertiary/aromatic N) is 3. The van der Waals surface area contributed by atoms with E-state index in [2.05, 4.69) is 9.97 Å². The van der Waals surface area contributed by atoms with E-state index in [9.17, 15) is 8.42 Å². The molecule has 1 aliphatic rings. The molecule has 18 heavy (non-hydrogen) atoms. The maximum absolute atomic E-state index is 11.6. The van der Waals surface area contributed by atoms with Crippen LogP contribution in [0.2, 0.25) is 5.15 Å². The van der Waals surface area contributed by atoms with Gasteiger partial charge in [0.2, 0.25) is 10.0 Å². The third-order valence-corrected chi connectivity index (χ3v) is 4.56. The predicted molar refractivity (Wildman–Crippen MR) is 70.2 cm³/mol. The van der Waals surface area contributed by atoms with Crippen LogP contribution in [0.15, 0.2) is 6.07 Å². The Balaban J connectivity index is 2.23. The first-order valence-corrected chi connectivity index (χ1v) is 8.05. The lowest BCUT2D eigenvalue weighted by atomic mass is 9.96. The molecule has 1 saturated heterocycles. The average molecular weight is 290 g/mol. The fraction of sp³-hybridized carbons (Fsp3) is 0.636. The summed E-state index contributed by atoms with van der Waals surface area (Å²) < 4.78 is 24.6. The molecular weight excluding hydrogens is 274 g/mol. The Hall–Kier alpha value is -0.720. The van der Waals surface area contributed by atoms with Gasteiger partial charge in [0.05, 0.1) is 6.26 Å². The van der Waals surface area contributed by atoms with Gasteiger partial charge >= 0.3 is 0 Å². The molecule has 1 aliphatic heterocycles. The van der Waals surface area contributed by atoms with E-state index in [1.165, 1.54) is 10.6 Å². The molecule has 100 valence electrons. The summed E-state index contributed by atoms with van der Waals surface area (Å²) in [5.41, 5.74) is 0.834. The highest BCUT2D eigenvalue weighted by atomic mass is 35.5. The molecule has 1 atom stereocenters. The summed E-state index contributed by atoms with van der Waals surface area (Å²) in [5.74, 6) is 0.724. The number of rotatable bonds is 2. The number of hydrogen-bond donors (Lipinski definition) is 0. The van der Waals surface area contributed by atoms with E-state index in [4.69, 9.17) is 11.6 Å². The lowest BCUT2D eigenvalue weighted by Gasteiger charge is -2.30. The Morgan fingerprint density at radius 3 is 2.78 bits per heavy atom. The maximum Gasteiger partial charge on any atom is 0.211 e. The summed E-state index contributed by atoms with van der Waals surface area (Å²) in [7, 11) is -3.13. The molecule has 1 aromatic rings. The third-order valence-electron chi connectivity index (χ3n) is 3.10. The first-order chi connectivity index (χ1) is 8.36. The van der Waals surface area contributed by atoms with Crippen molar-refractivity contribution in [2.45, 2.75) is 25.7 Å². The van der Waals surface area contributed by atoms with Crippen molar-refractivity contribution in [2.75, 3.05) is 19.3 Å². The molecule has 1 aromatic heterocycles. The van der Waals surface area contributed by atoms with E-state index in [1.54, 1.807) is 13.0 Å². The van der Waals surface area contributed by atoms with Crippen molar-refractivity contribution in [3.8, 4) is 0 Å². The van der Waals surface area contributed by atoms with Crippen molar-refractivity contribution in [3.05, 3.63) is 22.7 Å². The van der Waals surface area contributed by atoms with Crippen molar-refractivity contribution < 1.29 is 8.42 Å². The standard InChI is InChI=1S/C11H16ClN3O2S/c1-8-13-10(6-11(12)14-8)9-4-3-5-15(7-9)18(2,16)17/h6,9H,3-5,7H2,1-2H3/t9-/m1/s1. The smallest absolute Gasteiger partial charge is 0.211 e. The van der Waals surface area contributed by atoms with E-state index >= 15 is 0 Å². The lowest BCUT2D eigenvalue weighted by Crippen LogP contribution is -2.38. The van der Waals surface area contributed by atoms with Crippen LogP contribution in [-0.4, -0.2) is 42.0 Å². The first kappa shape index (κ1) is 13.7. The SMILES string of the molecule is Cc1nc(Cl)cc([C@@H]2CCCN(S(C)(=O)=O)C2)n1. The minimum Gasteiger partial charge on any atom is -0.238 e. The van der Waals surface area contributed by atoms with Gasteiger partial charge in [0, 0.05) is 24.7 Å². The van der Waals surface area contributed by atoms with E-state index in [0.29, 0.717) is 24.1 Å². The second kappa shape index (κ2) is 5.11. The monoisotopic (exact) mass is 289 g/mol. The fourth-order valence-electron chi connectivity index (χ4n) is 2.25. The largest absolute Gasteiger partial charge is 0.238 e. The van der Waals surface area contributed by atoms with Gasteiger partial charge in [-0.1, -0.05) is 11.6 Å². The van der Waals surface area contributed by atoms with Gasteiger partial charge in [-0.2, -0.15) is 0 Å². The Bertz CT molecular complexity index is 527. The normalized spacial score (nSPS) is 22.1. The highest BCUT2D eigenvalue weighted by molar-refractivity contribution is 7.88. The molecule has 1 fully saturated rings. The summed E-state index contributed by atoms with van der Waals surface area (Å²) in [4.78, 5) is 8.38. The number of hydrogen-bond acceptors (Lipinski definition) is 4. The van der Waals surface area contributed by atoms with Gasteiger partial charge in [-0.3, -0.25) is 0 Å². The molecule has 2 heterocycles. The Kier molecular flexibility index (Phi) is 3.89. The van der Waals surface area contributed by atoms with Gasteiger partial charge in [0.25, 0.3) is 0 Å². The number of piperidine rings is 1. The molecule has 0 unspecified atom stereocenters. The van der Waals surface area contributed by atoms with Crippen LogP contribution in [0.4, 0.5) is 0 Å². The summed E-state index contributed by atoms with van der Waals surface area (Å²) in [5, 5.41) is 0.411. The van der Waals surface area contributed by atoms with Crippen LogP contribution in [-0.2, 0) is 10.0 Å². The van der Waals surface area contributed by atoms with Crippen LogP contribution in [0.1, 0.15) is 30.3 Å². The van der Waals surface area contributed by atoms with Crippen molar-refractivity contribution in [3.63, 3.8) is 0 Å². The zero-order valence-corrected chi connectivity index (χ0v) is 12.0. The summed E-state index contributed by atoms with van der Waals surface area (Å²) in [6.07, 6.45) is 3.02. The minimum absolute atomic E-state index is 0.104. The average Bonchev–Trinajstić information content (AvgIpc) is 2.27. The number of sulfonamides is 1. The van der Waals surface area contributed by atoms with Crippen molar-refractivity contribution in [1.82, 2.24) is 14.3 Å². The zero-order valence-electron chi connectivity index (χ0n) is 10.4. The molecule has 0 radical (unpaired) electrons. The van der Waals surface area contributed by atoms with Crippen molar-refractivity contribution in [1.29, 1.82) is 0 Å². The second-order valence-electron chi connectivity index (χ2n) is 4.62. The minimum atomic E-state index is -3.13. The van der Waals surface area contributed by atoms with E-state index in [0.717, 1.165) is 18.5 Å². The molecule has 2 rings (SSSR count). The molecule has 7 heteroatoms. The van der Waals surface area contributed by atoms with Crippen LogP contribution in [0.5, 0.6) is 0 Å². The molecule has 0 spiro atoms. The highest BCUT2D eigenvalue weighted by Crippen LogP contribution is 2.27. The number of aryl methyl sites for hydroxylation is 1. The molecule has 0 bridgehead atoms. The van der Waals surface area contributed by atoms with Crippen molar-refractivity contribution in [2.24, 2.45) is 0 Å². The van der Waals surface area contributed by atoms with Crippen LogP contribution < -0.4 is 0 Å². The first-order valence-electron chi connectivity index (χ1n) is 5.82. The third kappa shape index (κ3) is 3.18. The summed E-state index contributed by atoms with van der Waals surface area (Å²) >= 11 is 5.91. The van der Waals surface area contributed by atoms with E-state index < -0.39 is 10.0 Å². The van der Waals surface area contributed by atoms with E-state index in [1.807, 2.05) is 0 Å². The van der Waals surface area contributed by atoms with Gasteiger partial charge in [-0.15, -0.1) is 0 Å². The number of halogens is 1. The molecule has 0 amide bonds. The molecule has 0 N–H and O–H groups in total. The van der Waals surface area contributed by atoms with Crippen LogP contribution in [0, 0.1) is 6.92 Å². The van der Waals surface area contributed by atoms with Gasteiger partial charge in [-0.05, 0) is 25.8 Å². The number of aromatic nitrogens is 2. The Morgan fingerprint density at radius 2 is 2.17 bits per heavy atom. The summed E-state index contributed by atoms with van der Waals surface area (Å²) in [6.45, 7) is 2.85. The fourth-order valence-corrected chi connectivity index (χ4v) is 3.39. The van der Waals surface area contributed by atoms with Gasteiger partial charge in [-0.25, -0.2) is 22.7 Å². The molecule has 5 nitrogen and oxygen atoms in total. The molecule has 0 aliphatic carbocycles. The predicted octanol–water partition coefficient (Wildman–Crippen LogP) is 1.58. The molecule has 0 aromatic carbocycles. The summed E-state index contributed by atoms with van der Waals surface area (Å²) in [6, 6.07) is 1.73. The van der Waals surface area contributed by atoms with Crippen LogP contribution in [0.3, 0.4) is 0 Å². The topological polar surface area (TPSA) is 63.2 Å². The van der Waals surface area contributed by atoms with Gasteiger partial charge in [0.15, 0.2) is 0 Å². The second-order valence-corrected chi connectivity index (χ2v) is 6.99. The Morgan fingerprint density at radius 1 is 1.44 bits per heavy atom. The lowest BCUT2D eigenvalue weighted by molar-refractivity contribution is 0.314. The Labute approximate surface area is 112 Å². The quantitative estimate of drug-likeness (QED) is 0.776. The van der Waals surface area contributed by atoms with Gasteiger partial charge < -0.3 is 0 Å². The zero-order chi connectivity index (χ0) is 13.3. The van der Waals surface area contributed by atoms with Crippen LogP contribution >= 0.6 is 11.6 Å².